The topological polar surface area (TPSA) is 80.5 Å². The highest BCUT2D eigenvalue weighted by molar-refractivity contribution is 14.1. The summed E-state index contributed by atoms with van der Waals surface area (Å²) in [6.45, 7) is 0.536. The van der Waals surface area contributed by atoms with Crippen LogP contribution in [0.4, 0.5) is 5.69 Å². The van der Waals surface area contributed by atoms with Gasteiger partial charge in [0.1, 0.15) is 0 Å². The van der Waals surface area contributed by atoms with Gasteiger partial charge in [0.05, 0.1) is 4.90 Å². The van der Waals surface area contributed by atoms with Crippen molar-refractivity contribution in [3.8, 4) is 0 Å². The number of nitrogens with zero attached hydrogens (tertiary/aromatic N) is 1. The van der Waals surface area contributed by atoms with Gasteiger partial charge in [0.25, 0.3) is 5.91 Å². The number of hydrogen-bond donors (Lipinski definition) is 1. The van der Waals surface area contributed by atoms with Crippen molar-refractivity contribution in [3.05, 3.63) is 57.2 Å². The summed E-state index contributed by atoms with van der Waals surface area (Å²) in [5.74, 6) is -0.137. The molecule has 114 valence electrons. The van der Waals surface area contributed by atoms with Crippen molar-refractivity contribution in [1.82, 2.24) is 0 Å². The maximum atomic E-state index is 12.6. The molecule has 0 fully saturated rings. The van der Waals surface area contributed by atoms with Gasteiger partial charge < -0.3 is 4.90 Å². The number of rotatable bonds is 2. The lowest BCUT2D eigenvalue weighted by Gasteiger charge is -2.18. The van der Waals surface area contributed by atoms with Crippen molar-refractivity contribution in [2.24, 2.45) is 5.14 Å². The molecule has 0 radical (unpaired) electrons. The van der Waals surface area contributed by atoms with Crippen LogP contribution in [0.25, 0.3) is 0 Å². The monoisotopic (exact) mass is 428 g/mol. The maximum Gasteiger partial charge on any atom is 0.258 e. The van der Waals surface area contributed by atoms with E-state index < -0.39 is 10.0 Å². The molecule has 22 heavy (non-hydrogen) atoms. The van der Waals surface area contributed by atoms with E-state index in [0.29, 0.717) is 24.2 Å². The minimum absolute atomic E-state index is 0.0218. The molecular formula is C15H13IN2O3S. The van der Waals surface area contributed by atoms with E-state index in [9.17, 15) is 13.2 Å². The first kappa shape index (κ1) is 15.4. The summed E-state index contributed by atoms with van der Waals surface area (Å²) in [6, 6.07) is 11.9. The van der Waals surface area contributed by atoms with Gasteiger partial charge in [0, 0.05) is 21.4 Å². The quantitative estimate of drug-likeness (QED) is 0.745. The van der Waals surface area contributed by atoms with Crippen LogP contribution in [-0.2, 0) is 16.4 Å². The Morgan fingerprint density at radius 2 is 1.82 bits per heavy atom. The van der Waals surface area contributed by atoms with Gasteiger partial charge in [-0.15, -0.1) is 0 Å². The van der Waals surface area contributed by atoms with Gasteiger partial charge in [-0.2, -0.15) is 0 Å². The van der Waals surface area contributed by atoms with Crippen LogP contribution in [0, 0.1) is 3.57 Å². The van der Waals surface area contributed by atoms with Crippen LogP contribution < -0.4 is 10.0 Å². The van der Waals surface area contributed by atoms with Gasteiger partial charge in [-0.25, -0.2) is 13.6 Å². The molecule has 2 aromatic carbocycles. The first-order valence-electron chi connectivity index (χ1n) is 6.59. The number of amides is 1. The Morgan fingerprint density at radius 3 is 2.45 bits per heavy atom. The fraction of sp³-hybridized carbons (Fsp3) is 0.133. The summed E-state index contributed by atoms with van der Waals surface area (Å²) in [4.78, 5) is 14.2. The van der Waals surface area contributed by atoms with E-state index in [2.05, 4.69) is 22.6 Å². The third kappa shape index (κ3) is 2.88. The van der Waals surface area contributed by atoms with E-state index in [1.165, 1.54) is 12.1 Å². The lowest BCUT2D eigenvalue weighted by atomic mass is 10.1. The molecule has 0 aromatic heterocycles. The molecule has 0 saturated carbocycles. The molecule has 1 aliphatic heterocycles. The Balaban J connectivity index is 1.99. The van der Waals surface area contributed by atoms with Crippen LogP contribution in [0.5, 0.6) is 0 Å². The minimum atomic E-state index is -3.78. The second-order valence-corrected chi connectivity index (χ2v) is 7.86. The molecule has 0 saturated heterocycles. The fourth-order valence-corrected chi connectivity index (χ4v) is 3.39. The lowest BCUT2D eigenvalue weighted by molar-refractivity contribution is 0.0989. The van der Waals surface area contributed by atoms with Gasteiger partial charge in [-0.3, -0.25) is 4.79 Å². The second kappa shape index (κ2) is 5.64. The molecular weight excluding hydrogens is 415 g/mol. The van der Waals surface area contributed by atoms with Crippen molar-refractivity contribution >= 4 is 44.2 Å². The zero-order valence-corrected chi connectivity index (χ0v) is 14.5. The SMILES string of the molecule is NS(=O)(=O)c1ccc2c(c1)N(C(=O)c1ccc(I)cc1)CC2. The van der Waals surface area contributed by atoms with Crippen molar-refractivity contribution in [3.63, 3.8) is 0 Å². The number of sulfonamides is 1. The summed E-state index contributed by atoms with van der Waals surface area (Å²) in [5.41, 5.74) is 2.15. The Labute approximate surface area is 142 Å². The second-order valence-electron chi connectivity index (χ2n) is 5.05. The van der Waals surface area contributed by atoms with Gasteiger partial charge >= 0.3 is 0 Å². The molecule has 1 amide bonds. The number of halogens is 1. The molecule has 3 rings (SSSR count). The number of fused-ring (bicyclic) bond motifs is 1. The molecule has 5 nitrogen and oxygen atoms in total. The molecule has 0 spiro atoms. The number of nitrogens with two attached hydrogens (primary N) is 1. The minimum Gasteiger partial charge on any atom is -0.308 e. The number of anilines is 1. The van der Waals surface area contributed by atoms with Crippen LogP contribution in [0.2, 0.25) is 0 Å². The van der Waals surface area contributed by atoms with E-state index in [4.69, 9.17) is 5.14 Å². The summed E-state index contributed by atoms with van der Waals surface area (Å²) in [6.07, 6.45) is 0.705. The van der Waals surface area contributed by atoms with Crippen molar-refractivity contribution < 1.29 is 13.2 Å². The Kier molecular flexibility index (Phi) is 3.96. The van der Waals surface area contributed by atoms with Gasteiger partial charge in [0.15, 0.2) is 0 Å². The van der Waals surface area contributed by atoms with Gasteiger partial charge in [-0.1, -0.05) is 6.07 Å². The van der Waals surface area contributed by atoms with Crippen molar-refractivity contribution in [1.29, 1.82) is 0 Å². The average Bonchev–Trinajstić information content (AvgIpc) is 2.89. The fourth-order valence-electron chi connectivity index (χ4n) is 2.50. The van der Waals surface area contributed by atoms with E-state index in [1.54, 1.807) is 23.1 Å². The van der Waals surface area contributed by atoms with E-state index in [1.807, 2.05) is 12.1 Å². The van der Waals surface area contributed by atoms with Gasteiger partial charge in [0.2, 0.25) is 10.0 Å². The lowest BCUT2D eigenvalue weighted by Crippen LogP contribution is -2.29. The van der Waals surface area contributed by atoms with Crippen LogP contribution in [0.1, 0.15) is 15.9 Å². The van der Waals surface area contributed by atoms with E-state index >= 15 is 0 Å². The Bertz CT molecular complexity index is 848. The summed E-state index contributed by atoms with van der Waals surface area (Å²) >= 11 is 2.18. The normalized spacial score (nSPS) is 14.0. The number of carbonyl (C=O) groups excluding carboxylic acids is 1. The molecule has 7 heteroatoms. The zero-order chi connectivity index (χ0) is 15.9. The maximum absolute atomic E-state index is 12.6. The summed E-state index contributed by atoms with van der Waals surface area (Å²) in [5, 5.41) is 5.17. The van der Waals surface area contributed by atoms with Crippen LogP contribution in [0.15, 0.2) is 47.4 Å². The van der Waals surface area contributed by atoms with Crippen LogP contribution in [0.3, 0.4) is 0 Å². The van der Waals surface area contributed by atoms with Crippen LogP contribution >= 0.6 is 22.6 Å². The predicted molar refractivity (Wildman–Crippen MR) is 92.4 cm³/mol. The van der Waals surface area contributed by atoms with E-state index in [-0.39, 0.29) is 10.8 Å². The van der Waals surface area contributed by atoms with E-state index in [0.717, 1.165) is 9.13 Å². The molecule has 0 atom stereocenters. The first-order valence-corrected chi connectivity index (χ1v) is 9.22. The largest absolute Gasteiger partial charge is 0.308 e. The average molecular weight is 428 g/mol. The number of hydrogen-bond acceptors (Lipinski definition) is 3. The molecule has 0 bridgehead atoms. The van der Waals surface area contributed by atoms with Crippen molar-refractivity contribution in [2.75, 3.05) is 11.4 Å². The number of primary sulfonamides is 1. The smallest absolute Gasteiger partial charge is 0.258 e. The Morgan fingerprint density at radius 1 is 1.14 bits per heavy atom. The predicted octanol–water partition coefficient (Wildman–Crippen LogP) is 2.14. The third-order valence-corrected chi connectivity index (χ3v) is 5.25. The molecule has 2 aromatic rings. The Hall–Kier alpha value is -1.45. The molecule has 1 heterocycles. The molecule has 0 unspecified atom stereocenters. The van der Waals surface area contributed by atoms with Gasteiger partial charge in [-0.05, 0) is 71.0 Å². The highest BCUT2D eigenvalue weighted by atomic mass is 127. The summed E-state index contributed by atoms with van der Waals surface area (Å²) < 4.78 is 24.0. The third-order valence-electron chi connectivity index (χ3n) is 3.62. The van der Waals surface area contributed by atoms with Crippen molar-refractivity contribution in [2.45, 2.75) is 11.3 Å². The molecule has 0 aliphatic carbocycles. The number of carbonyl (C=O) groups is 1. The summed E-state index contributed by atoms with van der Waals surface area (Å²) in [7, 11) is -3.78. The zero-order valence-electron chi connectivity index (χ0n) is 11.5. The molecule has 1 aliphatic rings. The van der Waals surface area contributed by atoms with Crippen LogP contribution in [-0.4, -0.2) is 20.9 Å². The first-order chi connectivity index (χ1) is 10.4. The highest BCUT2D eigenvalue weighted by Gasteiger charge is 2.27. The standard InChI is InChI=1S/C15H13IN2O3S/c16-12-4-1-11(2-5-12)15(19)18-8-7-10-3-6-13(9-14(10)18)22(17,20)21/h1-6,9H,7-8H2,(H2,17,20,21). The highest BCUT2D eigenvalue weighted by Crippen LogP contribution is 2.31. The number of benzene rings is 2. The molecule has 2 N–H and O–H groups in total.